The van der Waals surface area contributed by atoms with Crippen molar-refractivity contribution in [3.63, 3.8) is 0 Å². The van der Waals surface area contributed by atoms with Crippen LogP contribution in [0.15, 0.2) is 48.5 Å². The number of ketones is 1. The Hall–Kier alpha value is -2.95. The maximum atomic E-state index is 12.3. The van der Waals surface area contributed by atoms with Crippen LogP contribution in [0, 0.1) is 5.92 Å². The molecule has 0 aliphatic rings. The van der Waals surface area contributed by atoms with Crippen LogP contribution < -0.4 is 10.2 Å². The van der Waals surface area contributed by atoms with Crippen LogP contribution in [-0.2, 0) is 16.0 Å². The lowest BCUT2D eigenvalue weighted by Gasteiger charge is -2.15. The molecule has 0 aliphatic carbocycles. The van der Waals surface area contributed by atoms with Gasteiger partial charge in [0, 0.05) is 43.8 Å². The number of amides is 2. The van der Waals surface area contributed by atoms with E-state index in [4.69, 9.17) is 0 Å². The minimum absolute atomic E-state index is 0.0373. The first-order valence-corrected chi connectivity index (χ1v) is 9.52. The third-order valence-corrected chi connectivity index (χ3v) is 4.51. The number of Topliss-reactive ketones (excluding diaryl/α,β-unsaturated/α-hetero) is 1. The second-order valence-corrected chi connectivity index (χ2v) is 7.39. The SMILES string of the molecule is CC(=O)N(C)c1ccc(NC(=O)CCC(=O)c2ccc(CC(C)C)cc2)cc1. The molecule has 28 heavy (non-hydrogen) atoms. The van der Waals surface area contributed by atoms with Gasteiger partial charge in [0.15, 0.2) is 5.78 Å². The van der Waals surface area contributed by atoms with Crippen LogP contribution in [-0.4, -0.2) is 24.6 Å². The molecule has 0 spiro atoms. The molecule has 148 valence electrons. The molecule has 2 rings (SSSR count). The van der Waals surface area contributed by atoms with Crippen molar-refractivity contribution in [1.82, 2.24) is 0 Å². The van der Waals surface area contributed by atoms with Crippen molar-refractivity contribution in [2.45, 2.75) is 40.0 Å². The van der Waals surface area contributed by atoms with E-state index >= 15 is 0 Å². The third kappa shape index (κ3) is 6.34. The van der Waals surface area contributed by atoms with Crippen LogP contribution in [0.3, 0.4) is 0 Å². The monoisotopic (exact) mass is 380 g/mol. The summed E-state index contributed by atoms with van der Waals surface area (Å²) >= 11 is 0. The van der Waals surface area contributed by atoms with E-state index in [0.29, 0.717) is 17.2 Å². The normalized spacial score (nSPS) is 10.6. The first-order valence-electron chi connectivity index (χ1n) is 9.52. The van der Waals surface area contributed by atoms with Crippen LogP contribution >= 0.6 is 0 Å². The number of rotatable bonds is 8. The van der Waals surface area contributed by atoms with Gasteiger partial charge in [-0.3, -0.25) is 14.4 Å². The molecule has 5 nitrogen and oxygen atoms in total. The Bertz CT molecular complexity index is 824. The number of anilines is 2. The fourth-order valence-electron chi connectivity index (χ4n) is 2.84. The predicted octanol–water partition coefficient (Wildman–Crippen LogP) is 4.47. The van der Waals surface area contributed by atoms with E-state index in [-0.39, 0.29) is 30.4 Å². The summed E-state index contributed by atoms with van der Waals surface area (Å²) in [6.45, 7) is 5.81. The molecule has 0 heterocycles. The van der Waals surface area contributed by atoms with Crippen LogP contribution in [0.4, 0.5) is 11.4 Å². The molecule has 5 heteroatoms. The van der Waals surface area contributed by atoms with E-state index in [1.165, 1.54) is 17.4 Å². The Kier molecular flexibility index (Phi) is 7.50. The number of hydrogen-bond donors (Lipinski definition) is 1. The van der Waals surface area contributed by atoms with E-state index in [1.54, 1.807) is 31.3 Å². The summed E-state index contributed by atoms with van der Waals surface area (Å²) in [6, 6.07) is 14.6. The molecule has 1 N–H and O–H groups in total. The summed E-state index contributed by atoms with van der Waals surface area (Å²) in [5.41, 5.74) is 3.23. The van der Waals surface area contributed by atoms with Gasteiger partial charge in [0.2, 0.25) is 11.8 Å². The highest BCUT2D eigenvalue weighted by Crippen LogP contribution is 2.17. The summed E-state index contributed by atoms with van der Waals surface area (Å²) in [5, 5.41) is 2.78. The molecule has 2 aromatic rings. The fourth-order valence-corrected chi connectivity index (χ4v) is 2.84. The molecule has 0 saturated carbocycles. The lowest BCUT2D eigenvalue weighted by Crippen LogP contribution is -2.22. The lowest BCUT2D eigenvalue weighted by atomic mass is 9.99. The first-order chi connectivity index (χ1) is 13.3. The number of nitrogens with zero attached hydrogens (tertiary/aromatic N) is 1. The average Bonchev–Trinajstić information content (AvgIpc) is 2.66. The van der Waals surface area contributed by atoms with Gasteiger partial charge in [-0.15, -0.1) is 0 Å². The summed E-state index contributed by atoms with van der Waals surface area (Å²) in [6.07, 6.45) is 1.28. The van der Waals surface area contributed by atoms with Crippen molar-refractivity contribution < 1.29 is 14.4 Å². The van der Waals surface area contributed by atoms with E-state index < -0.39 is 0 Å². The Morgan fingerprint density at radius 2 is 1.54 bits per heavy atom. The number of nitrogens with one attached hydrogen (secondary N) is 1. The Labute approximate surface area is 166 Å². The molecule has 0 unspecified atom stereocenters. The second-order valence-electron chi connectivity index (χ2n) is 7.39. The zero-order chi connectivity index (χ0) is 20.7. The van der Waals surface area contributed by atoms with Gasteiger partial charge in [0.25, 0.3) is 0 Å². The van der Waals surface area contributed by atoms with Crippen molar-refractivity contribution >= 4 is 29.0 Å². The molecule has 0 bridgehead atoms. The van der Waals surface area contributed by atoms with Crippen LogP contribution in [0.5, 0.6) is 0 Å². The maximum Gasteiger partial charge on any atom is 0.224 e. The Morgan fingerprint density at radius 1 is 0.929 bits per heavy atom. The fraction of sp³-hybridized carbons (Fsp3) is 0.348. The molecule has 2 aromatic carbocycles. The summed E-state index contributed by atoms with van der Waals surface area (Å²) in [5.74, 6) is 0.261. The van der Waals surface area contributed by atoms with Crippen LogP contribution in [0.25, 0.3) is 0 Å². The van der Waals surface area contributed by atoms with Gasteiger partial charge in [0.05, 0.1) is 0 Å². The highest BCUT2D eigenvalue weighted by atomic mass is 16.2. The second kappa shape index (κ2) is 9.83. The van der Waals surface area contributed by atoms with E-state index in [9.17, 15) is 14.4 Å². The first kappa shape index (κ1) is 21.4. The maximum absolute atomic E-state index is 12.3. The number of hydrogen-bond acceptors (Lipinski definition) is 3. The summed E-state index contributed by atoms with van der Waals surface area (Å²) < 4.78 is 0. The zero-order valence-electron chi connectivity index (χ0n) is 17.0. The largest absolute Gasteiger partial charge is 0.326 e. The molecule has 0 saturated heterocycles. The molecular weight excluding hydrogens is 352 g/mol. The molecule has 0 fully saturated rings. The van der Waals surface area contributed by atoms with Gasteiger partial charge in [0.1, 0.15) is 0 Å². The van der Waals surface area contributed by atoms with E-state index in [1.807, 2.05) is 24.3 Å². The lowest BCUT2D eigenvalue weighted by molar-refractivity contribution is -0.117. The molecule has 0 aliphatic heterocycles. The molecule has 0 atom stereocenters. The average molecular weight is 380 g/mol. The topological polar surface area (TPSA) is 66.5 Å². The van der Waals surface area contributed by atoms with Gasteiger partial charge < -0.3 is 10.2 Å². The number of carbonyl (C=O) groups excluding carboxylic acids is 3. The van der Waals surface area contributed by atoms with Crippen molar-refractivity contribution in [2.24, 2.45) is 5.92 Å². The number of benzene rings is 2. The minimum atomic E-state index is -0.211. The van der Waals surface area contributed by atoms with E-state index in [0.717, 1.165) is 12.1 Å². The predicted molar refractivity (Wildman–Crippen MR) is 113 cm³/mol. The highest BCUT2D eigenvalue weighted by molar-refractivity contribution is 6.00. The smallest absolute Gasteiger partial charge is 0.224 e. The van der Waals surface area contributed by atoms with Gasteiger partial charge in [-0.25, -0.2) is 0 Å². The highest BCUT2D eigenvalue weighted by Gasteiger charge is 2.11. The zero-order valence-corrected chi connectivity index (χ0v) is 17.0. The van der Waals surface area contributed by atoms with Crippen molar-refractivity contribution in [1.29, 1.82) is 0 Å². The molecule has 2 amide bonds. The van der Waals surface area contributed by atoms with Crippen LogP contribution in [0.1, 0.15) is 49.5 Å². The van der Waals surface area contributed by atoms with Gasteiger partial charge in [-0.2, -0.15) is 0 Å². The van der Waals surface area contributed by atoms with Crippen molar-refractivity contribution in [2.75, 3.05) is 17.3 Å². The van der Waals surface area contributed by atoms with Gasteiger partial charge >= 0.3 is 0 Å². The molecular formula is C23H28N2O3. The van der Waals surface area contributed by atoms with Gasteiger partial charge in [-0.05, 0) is 42.2 Å². The molecule has 0 radical (unpaired) electrons. The van der Waals surface area contributed by atoms with Gasteiger partial charge in [-0.1, -0.05) is 38.1 Å². The minimum Gasteiger partial charge on any atom is -0.326 e. The standard InChI is InChI=1S/C23H28N2O3/c1-16(2)15-18-5-7-19(8-6-18)22(27)13-14-23(28)24-20-9-11-21(12-10-20)25(4)17(3)26/h5-12,16H,13-15H2,1-4H3,(H,24,28). The summed E-state index contributed by atoms with van der Waals surface area (Å²) in [4.78, 5) is 37.3. The Balaban J connectivity index is 1.84. The Morgan fingerprint density at radius 3 is 2.07 bits per heavy atom. The van der Waals surface area contributed by atoms with E-state index in [2.05, 4.69) is 19.2 Å². The van der Waals surface area contributed by atoms with Crippen molar-refractivity contribution in [3.8, 4) is 0 Å². The quantitative estimate of drug-likeness (QED) is 0.687. The molecule has 0 aromatic heterocycles. The summed E-state index contributed by atoms with van der Waals surface area (Å²) in [7, 11) is 1.69. The van der Waals surface area contributed by atoms with Crippen molar-refractivity contribution in [3.05, 3.63) is 59.7 Å². The third-order valence-electron chi connectivity index (χ3n) is 4.51. The van der Waals surface area contributed by atoms with Crippen LogP contribution in [0.2, 0.25) is 0 Å². The number of carbonyl (C=O) groups is 3.